The van der Waals surface area contributed by atoms with E-state index < -0.39 is 11.6 Å². The molecular weight excluding hydrogens is 346 g/mol. The van der Waals surface area contributed by atoms with Crippen molar-refractivity contribution in [1.29, 1.82) is 0 Å². The maximum absolute atomic E-state index is 12.8. The summed E-state index contributed by atoms with van der Waals surface area (Å²) < 4.78 is 38.5. The van der Waals surface area contributed by atoms with E-state index in [9.17, 15) is 13.2 Å². The van der Waals surface area contributed by atoms with Crippen molar-refractivity contribution in [3.8, 4) is 0 Å². The first-order valence-electron chi connectivity index (χ1n) is 5.51. The van der Waals surface area contributed by atoms with E-state index in [4.69, 9.17) is 0 Å². The van der Waals surface area contributed by atoms with Crippen molar-refractivity contribution in [2.24, 2.45) is 10.4 Å². The molecule has 2 aliphatic rings. The van der Waals surface area contributed by atoms with Crippen LogP contribution in [-0.4, -0.2) is 43.7 Å². The lowest BCUT2D eigenvalue weighted by Crippen LogP contribution is -2.53. The van der Waals surface area contributed by atoms with Gasteiger partial charge in [0.15, 0.2) is 5.96 Å². The predicted molar refractivity (Wildman–Crippen MR) is 70.7 cm³/mol. The van der Waals surface area contributed by atoms with Crippen LogP contribution in [0.4, 0.5) is 13.2 Å². The molecule has 100 valence electrons. The van der Waals surface area contributed by atoms with Gasteiger partial charge in [0, 0.05) is 20.1 Å². The Labute approximate surface area is 116 Å². The number of alkyl halides is 3. The van der Waals surface area contributed by atoms with Crippen LogP contribution in [0.2, 0.25) is 0 Å². The molecule has 0 spiro atoms. The number of halogens is 4. The minimum atomic E-state index is -4.10. The van der Waals surface area contributed by atoms with Gasteiger partial charge in [-0.05, 0) is 12.8 Å². The van der Waals surface area contributed by atoms with Gasteiger partial charge in [0.05, 0.1) is 12.0 Å². The molecule has 0 atom stereocenters. The van der Waals surface area contributed by atoms with Crippen LogP contribution >= 0.6 is 24.0 Å². The third-order valence-electron chi connectivity index (χ3n) is 3.56. The quantitative estimate of drug-likeness (QED) is 0.763. The maximum Gasteiger partial charge on any atom is 0.396 e. The molecule has 2 rings (SSSR count). The number of aliphatic imine (C=N–C) groups is 1. The average Bonchev–Trinajstić information content (AvgIpc) is 2.47. The Balaban J connectivity index is 0.00000144. The van der Waals surface area contributed by atoms with E-state index in [1.54, 1.807) is 0 Å². The van der Waals surface area contributed by atoms with Gasteiger partial charge < -0.3 is 10.2 Å². The first kappa shape index (κ1) is 14.8. The van der Waals surface area contributed by atoms with Gasteiger partial charge in [-0.2, -0.15) is 13.2 Å². The Kier molecular flexibility index (Phi) is 4.54. The number of nitrogens with zero attached hydrogens (tertiary/aromatic N) is 2. The molecule has 1 heterocycles. The lowest BCUT2D eigenvalue weighted by Gasteiger charge is -2.43. The highest BCUT2D eigenvalue weighted by Crippen LogP contribution is 2.52. The molecule has 17 heavy (non-hydrogen) atoms. The van der Waals surface area contributed by atoms with Gasteiger partial charge in [0.1, 0.15) is 0 Å². The second-order valence-corrected chi connectivity index (χ2v) is 4.61. The fourth-order valence-electron chi connectivity index (χ4n) is 2.14. The largest absolute Gasteiger partial charge is 0.396 e. The zero-order valence-electron chi connectivity index (χ0n) is 9.68. The zero-order chi connectivity index (χ0) is 11.8. The van der Waals surface area contributed by atoms with Gasteiger partial charge in [-0.25, -0.2) is 0 Å². The standard InChI is InChI=1S/C10H16F3N3.HI/c1-16-6-5-14-8(16)15-7-9(3-2-4-9)10(11,12)13;/h2-7H2,1H3,(H,14,15);1H. The SMILES string of the molecule is CN1CCN=C1NCC1(C(F)(F)F)CCC1.I. The molecule has 0 amide bonds. The molecular formula is C10H17F3IN3. The van der Waals surface area contributed by atoms with Crippen LogP contribution in [0, 0.1) is 5.41 Å². The Bertz CT molecular complexity index is 300. The smallest absolute Gasteiger partial charge is 0.355 e. The number of hydrogen-bond donors (Lipinski definition) is 1. The molecule has 0 aromatic heterocycles. The van der Waals surface area contributed by atoms with Crippen molar-refractivity contribution in [3.05, 3.63) is 0 Å². The van der Waals surface area contributed by atoms with Gasteiger partial charge in [-0.3, -0.25) is 4.99 Å². The summed E-state index contributed by atoms with van der Waals surface area (Å²) in [6.45, 7) is 1.40. The van der Waals surface area contributed by atoms with E-state index in [-0.39, 0.29) is 43.4 Å². The molecule has 0 saturated heterocycles. The molecule has 1 saturated carbocycles. The van der Waals surface area contributed by atoms with E-state index >= 15 is 0 Å². The van der Waals surface area contributed by atoms with Crippen LogP contribution in [0.5, 0.6) is 0 Å². The lowest BCUT2D eigenvalue weighted by molar-refractivity contribution is -0.247. The number of nitrogens with one attached hydrogen (secondary N) is 1. The molecule has 1 aliphatic heterocycles. The molecule has 0 bridgehead atoms. The normalized spacial score (nSPS) is 22.6. The molecule has 7 heteroatoms. The molecule has 1 fully saturated rings. The number of rotatable bonds is 2. The third kappa shape index (κ3) is 2.79. The number of guanidine groups is 1. The minimum absolute atomic E-state index is 0. The van der Waals surface area contributed by atoms with Crippen molar-refractivity contribution in [2.75, 3.05) is 26.7 Å². The Hall–Kier alpha value is -0.210. The molecule has 1 N–H and O–H groups in total. The van der Waals surface area contributed by atoms with E-state index in [1.165, 1.54) is 0 Å². The Morgan fingerprint density at radius 3 is 2.41 bits per heavy atom. The summed E-state index contributed by atoms with van der Waals surface area (Å²) in [4.78, 5) is 5.97. The summed E-state index contributed by atoms with van der Waals surface area (Å²) in [6, 6.07) is 0. The van der Waals surface area contributed by atoms with Crippen LogP contribution in [0.15, 0.2) is 4.99 Å². The summed E-state index contributed by atoms with van der Waals surface area (Å²) in [5.41, 5.74) is -1.51. The molecule has 0 aromatic rings. The van der Waals surface area contributed by atoms with Gasteiger partial charge in [0.2, 0.25) is 0 Å². The Morgan fingerprint density at radius 2 is 2.06 bits per heavy atom. The van der Waals surface area contributed by atoms with Gasteiger partial charge in [-0.15, -0.1) is 24.0 Å². The number of hydrogen-bond acceptors (Lipinski definition) is 3. The molecule has 3 nitrogen and oxygen atoms in total. The first-order chi connectivity index (χ1) is 7.45. The lowest BCUT2D eigenvalue weighted by atomic mass is 9.68. The second kappa shape index (κ2) is 5.19. The summed E-state index contributed by atoms with van der Waals surface area (Å²) in [5.74, 6) is 0.593. The van der Waals surface area contributed by atoms with Crippen molar-refractivity contribution >= 4 is 29.9 Å². The number of likely N-dealkylation sites (N-methyl/N-ethyl adjacent to an activating group) is 1. The van der Waals surface area contributed by atoms with E-state index in [2.05, 4.69) is 10.3 Å². The predicted octanol–water partition coefficient (Wildman–Crippen LogP) is 2.23. The van der Waals surface area contributed by atoms with Crippen molar-refractivity contribution in [2.45, 2.75) is 25.4 Å². The molecule has 1 aliphatic carbocycles. The van der Waals surface area contributed by atoms with E-state index in [0.29, 0.717) is 18.9 Å². The minimum Gasteiger partial charge on any atom is -0.355 e. The first-order valence-corrected chi connectivity index (χ1v) is 5.51. The fraction of sp³-hybridized carbons (Fsp3) is 0.900. The van der Waals surface area contributed by atoms with Crippen LogP contribution in [-0.2, 0) is 0 Å². The fourth-order valence-corrected chi connectivity index (χ4v) is 2.14. The highest BCUT2D eigenvalue weighted by molar-refractivity contribution is 14.0. The van der Waals surface area contributed by atoms with E-state index in [0.717, 1.165) is 6.54 Å². The second-order valence-electron chi connectivity index (χ2n) is 4.61. The van der Waals surface area contributed by atoms with Crippen molar-refractivity contribution < 1.29 is 13.2 Å². The zero-order valence-corrected chi connectivity index (χ0v) is 12.0. The highest BCUT2D eigenvalue weighted by Gasteiger charge is 2.58. The van der Waals surface area contributed by atoms with Crippen LogP contribution in [0.3, 0.4) is 0 Å². The molecule has 0 unspecified atom stereocenters. The summed E-state index contributed by atoms with van der Waals surface area (Å²) in [5, 5.41) is 2.84. The summed E-state index contributed by atoms with van der Waals surface area (Å²) in [6.07, 6.45) is -2.96. The topological polar surface area (TPSA) is 27.6 Å². The van der Waals surface area contributed by atoms with Gasteiger partial charge in [-0.1, -0.05) is 6.42 Å². The Morgan fingerprint density at radius 1 is 1.41 bits per heavy atom. The van der Waals surface area contributed by atoms with Crippen LogP contribution in [0.25, 0.3) is 0 Å². The van der Waals surface area contributed by atoms with Crippen molar-refractivity contribution in [1.82, 2.24) is 10.2 Å². The van der Waals surface area contributed by atoms with Gasteiger partial charge in [0.25, 0.3) is 0 Å². The summed E-state index contributed by atoms with van der Waals surface area (Å²) >= 11 is 0. The van der Waals surface area contributed by atoms with Crippen LogP contribution in [0.1, 0.15) is 19.3 Å². The average molecular weight is 363 g/mol. The maximum atomic E-state index is 12.8. The van der Waals surface area contributed by atoms with Crippen molar-refractivity contribution in [3.63, 3.8) is 0 Å². The van der Waals surface area contributed by atoms with Gasteiger partial charge >= 0.3 is 6.18 Å². The monoisotopic (exact) mass is 363 g/mol. The van der Waals surface area contributed by atoms with E-state index in [1.807, 2.05) is 11.9 Å². The summed E-state index contributed by atoms with van der Waals surface area (Å²) in [7, 11) is 1.83. The molecule has 0 aromatic carbocycles. The third-order valence-corrected chi connectivity index (χ3v) is 3.56. The molecule has 0 radical (unpaired) electrons. The highest BCUT2D eigenvalue weighted by atomic mass is 127. The van der Waals surface area contributed by atoms with Crippen LogP contribution < -0.4 is 5.32 Å².